The molecule has 3 nitrogen and oxygen atoms in total. The van der Waals surface area contributed by atoms with Crippen molar-refractivity contribution in [1.29, 1.82) is 0 Å². The van der Waals surface area contributed by atoms with Crippen LogP contribution in [0.25, 0.3) is 0 Å². The number of hydrogen-bond donors (Lipinski definition) is 1. The Kier molecular flexibility index (Phi) is 4.66. The molecule has 0 heterocycles. The number of rotatable bonds is 5. The molecule has 2 N–H and O–H groups in total. The summed E-state index contributed by atoms with van der Waals surface area (Å²) < 4.78 is 10.8. The Bertz CT molecular complexity index is 540. The van der Waals surface area contributed by atoms with Crippen molar-refractivity contribution in [2.45, 2.75) is 13.2 Å². The first-order valence-corrected chi connectivity index (χ1v) is 6.35. The van der Waals surface area contributed by atoms with Crippen molar-refractivity contribution >= 4 is 11.6 Å². The maximum Gasteiger partial charge on any atom is 0.121 e. The molecule has 0 aromatic heterocycles. The molecule has 4 heteroatoms. The topological polar surface area (TPSA) is 44.5 Å². The maximum absolute atomic E-state index is 6.07. The van der Waals surface area contributed by atoms with E-state index in [1.807, 2.05) is 36.4 Å². The summed E-state index contributed by atoms with van der Waals surface area (Å²) in [4.78, 5) is 0. The van der Waals surface area contributed by atoms with Crippen LogP contribution in [0.3, 0.4) is 0 Å². The van der Waals surface area contributed by atoms with Crippen LogP contribution in [-0.4, -0.2) is 7.11 Å². The second-order valence-electron chi connectivity index (χ2n) is 4.09. The van der Waals surface area contributed by atoms with Gasteiger partial charge in [-0.1, -0.05) is 29.8 Å². The van der Waals surface area contributed by atoms with Gasteiger partial charge in [0.1, 0.15) is 18.1 Å². The van der Waals surface area contributed by atoms with Gasteiger partial charge in [-0.15, -0.1) is 0 Å². The number of halogens is 1. The third-order valence-corrected chi connectivity index (χ3v) is 3.16. The second-order valence-corrected chi connectivity index (χ2v) is 4.50. The van der Waals surface area contributed by atoms with E-state index in [4.69, 9.17) is 26.8 Å². The molecule has 2 aromatic rings. The Morgan fingerprint density at radius 3 is 2.32 bits per heavy atom. The molecular weight excluding hydrogens is 262 g/mol. The van der Waals surface area contributed by atoms with Crippen LogP contribution in [0, 0.1) is 0 Å². The second kappa shape index (κ2) is 6.45. The van der Waals surface area contributed by atoms with Gasteiger partial charge in [0, 0.05) is 11.6 Å². The zero-order valence-electron chi connectivity index (χ0n) is 10.7. The summed E-state index contributed by atoms with van der Waals surface area (Å²) in [6.07, 6.45) is 0. The van der Waals surface area contributed by atoms with Crippen molar-refractivity contribution in [3.63, 3.8) is 0 Å². The number of methoxy groups -OCH3 is 1. The highest BCUT2D eigenvalue weighted by Gasteiger charge is 2.02. The van der Waals surface area contributed by atoms with Crippen LogP contribution in [-0.2, 0) is 13.2 Å². The van der Waals surface area contributed by atoms with Gasteiger partial charge in [-0.2, -0.15) is 0 Å². The van der Waals surface area contributed by atoms with Gasteiger partial charge in [-0.3, -0.25) is 0 Å². The van der Waals surface area contributed by atoms with E-state index in [1.165, 1.54) is 0 Å². The molecule has 2 rings (SSSR count). The predicted molar refractivity (Wildman–Crippen MR) is 76.7 cm³/mol. The molecule has 0 aliphatic rings. The van der Waals surface area contributed by atoms with Gasteiger partial charge in [0.2, 0.25) is 0 Å². The molecule has 0 atom stereocenters. The minimum Gasteiger partial charge on any atom is -0.497 e. The first kappa shape index (κ1) is 13.7. The van der Waals surface area contributed by atoms with E-state index in [2.05, 4.69) is 0 Å². The summed E-state index contributed by atoms with van der Waals surface area (Å²) in [7, 11) is 1.65. The summed E-state index contributed by atoms with van der Waals surface area (Å²) in [6.45, 7) is 0.917. The molecule has 0 aliphatic heterocycles. The lowest BCUT2D eigenvalue weighted by molar-refractivity contribution is 0.306. The standard InChI is InChI=1S/C15H16ClNO2/c1-18-13-5-2-11(3-6-13)10-19-14-7-4-12(9-17)15(16)8-14/h2-8H,9-10,17H2,1H3. The molecule has 19 heavy (non-hydrogen) atoms. The molecular formula is C15H16ClNO2. The molecule has 0 radical (unpaired) electrons. The molecule has 0 amide bonds. The first-order valence-electron chi connectivity index (χ1n) is 5.97. The summed E-state index contributed by atoms with van der Waals surface area (Å²) in [6, 6.07) is 13.3. The first-order chi connectivity index (χ1) is 9.22. The number of hydrogen-bond acceptors (Lipinski definition) is 3. The van der Waals surface area contributed by atoms with E-state index in [1.54, 1.807) is 13.2 Å². The molecule has 100 valence electrons. The normalized spacial score (nSPS) is 10.3. The highest BCUT2D eigenvalue weighted by atomic mass is 35.5. The van der Waals surface area contributed by atoms with Gasteiger partial charge in [0.15, 0.2) is 0 Å². The Hall–Kier alpha value is -1.71. The fourth-order valence-corrected chi connectivity index (χ4v) is 1.92. The average Bonchev–Trinajstić information content (AvgIpc) is 2.46. The van der Waals surface area contributed by atoms with Crippen molar-refractivity contribution in [2.24, 2.45) is 5.73 Å². The van der Waals surface area contributed by atoms with Crippen molar-refractivity contribution in [3.05, 3.63) is 58.6 Å². The molecule has 0 bridgehead atoms. The van der Waals surface area contributed by atoms with Gasteiger partial charge >= 0.3 is 0 Å². The van der Waals surface area contributed by atoms with E-state index in [9.17, 15) is 0 Å². The highest BCUT2D eigenvalue weighted by Crippen LogP contribution is 2.23. The lowest BCUT2D eigenvalue weighted by Crippen LogP contribution is -1.99. The number of ether oxygens (including phenoxy) is 2. The lowest BCUT2D eigenvalue weighted by Gasteiger charge is -2.09. The SMILES string of the molecule is COc1ccc(COc2ccc(CN)c(Cl)c2)cc1. The quantitative estimate of drug-likeness (QED) is 0.911. The Morgan fingerprint density at radius 1 is 1.05 bits per heavy atom. The smallest absolute Gasteiger partial charge is 0.121 e. The average molecular weight is 278 g/mol. The third-order valence-electron chi connectivity index (χ3n) is 2.81. The minimum atomic E-state index is 0.428. The van der Waals surface area contributed by atoms with E-state index in [0.717, 1.165) is 22.6 Å². The minimum absolute atomic E-state index is 0.428. The van der Waals surface area contributed by atoms with E-state index >= 15 is 0 Å². The maximum atomic E-state index is 6.07. The third kappa shape index (κ3) is 3.63. The van der Waals surface area contributed by atoms with E-state index < -0.39 is 0 Å². The molecule has 2 aromatic carbocycles. The summed E-state index contributed by atoms with van der Waals surface area (Å²) in [5.41, 5.74) is 7.54. The Labute approximate surface area is 117 Å². The molecule has 0 saturated heterocycles. The van der Waals surface area contributed by atoms with Gasteiger partial charge in [-0.05, 0) is 35.4 Å². The monoisotopic (exact) mass is 277 g/mol. The molecule has 0 unspecified atom stereocenters. The molecule has 0 aliphatic carbocycles. The van der Waals surface area contributed by atoms with Crippen LogP contribution in [0.1, 0.15) is 11.1 Å². The summed E-state index contributed by atoms with van der Waals surface area (Å²) in [5.74, 6) is 1.57. The molecule has 0 fully saturated rings. The zero-order chi connectivity index (χ0) is 13.7. The fraction of sp³-hybridized carbons (Fsp3) is 0.200. The van der Waals surface area contributed by atoms with Gasteiger partial charge in [0.05, 0.1) is 7.11 Å². The zero-order valence-corrected chi connectivity index (χ0v) is 11.5. The highest BCUT2D eigenvalue weighted by molar-refractivity contribution is 6.31. The van der Waals surface area contributed by atoms with E-state index in [0.29, 0.717) is 18.2 Å². The number of nitrogens with two attached hydrogens (primary N) is 1. The molecule has 0 saturated carbocycles. The van der Waals surface area contributed by atoms with Crippen molar-refractivity contribution in [2.75, 3.05) is 7.11 Å². The van der Waals surface area contributed by atoms with Crippen LogP contribution in [0.5, 0.6) is 11.5 Å². The largest absolute Gasteiger partial charge is 0.497 e. The van der Waals surface area contributed by atoms with E-state index in [-0.39, 0.29) is 0 Å². The van der Waals surface area contributed by atoms with Gasteiger partial charge < -0.3 is 15.2 Å². The lowest BCUT2D eigenvalue weighted by atomic mass is 10.2. The Balaban J connectivity index is 1.99. The predicted octanol–water partition coefficient (Wildman–Crippen LogP) is 3.39. The van der Waals surface area contributed by atoms with Crippen LogP contribution >= 0.6 is 11.6 Å². The fourth-order valence-electron chi connectivity index (χ4n) is 1.67. The summed E-state index contributed by atoms with van der Waals surface area (Å²) >= 11 is 6.07. The van der Waals surface area contributed by atoms with Crippen LogP contribution in [0.4, 0.5) is 0 Å². The van der Waals surface area contributed by atoms with Crippen LogP contribution < -0.4 is 15.2 Å². The van der Waals surface area contributed by atoms with Crippen molar-refractivity contribution < 1.29 is 9.47 Å². The van der Waals surface area contributed by atoms with Crippen LogP contribution in [0.2, 0.25) is 5.02 Å². The van der Waals surface area contributed by atoms with Crippen LogP contribution in [0.15, 0.2) is 42.5 Å². The summed E-state index contributed by atoms with van der Waals surface area (Å²) in [5, 5.41) is 0.634. The van der Waals surface area contributed by atoms with Gasteiger partial charge in [-0.25, -0.2) is 0 Å². The van der Waals surface area contributed by atoms with Crippen molar-refractivity contribution in [1.82, 2.24) is 0 Å². The van der Waals surface area contributed by atoms with Gasteiger partial charge in [0.25, 0.3) is 0 Å². The van der Waals surface area contributed by atoms with Crippen molar-refractivity contribution in [3.8, 4) is 11.5 Å². The molecule has 0 spiro atoms. The Morgan fingerprint density at radius 2 is 1.74 bits per heavy atom. The number of benzene rings is 2.